The number of rotatable bonds is 15. The van der Waals surface area contributed by atoms with E-state index < -0.39 is 0 Å². The molecule has 0 radical (unpaired) electrons. The van der Waals surface area contributed by atoms with Crippen LogP contribution in [-0.4, -0.2) is 29.8 Å². The van der Waals surface area contributed by atoms with Gasteiger partial charge in [-0.15, -0.1) is 0 Å². The maximum atomic E-state index is 5.84. The third-order valence-corrected chi connectivity index (χ3v) is 5.30. The number of nitrogens with zero attached hydrogens (tertiary/aromatic N) is 2. The van der Waals surface area contributed by atoms with Gasteiger partial charge in [0.1, 0.15) is 5.75 Å². The molecule has 0 aliphatic rings. The summed E-state index contributed by atoms with van der Waals surface area (Å²) >= 11 is 0. The molecule has 4 nitrogen and oxygen atoms in total. The van der Waals surface area contributed by atoms with Gasteiger partial charge >= 0.3 is 0 Å². The highest BCUT2D eigenvalue weighted by Gasteiger charge is 2.04. The van der Waals surface area contributed by atoms with Crippen LogP contribution in [0.5, 0.6) is 5.75 Å². The molecule has 2 rings (SSSR count). The fraction of sp³-hybridized carbons (Fsp3) is 0.600. The van der Waals surface area contributed by atoms with Crippen molar-refractivity contribution in [2.75, 3.05) is 19.8 Å². The van der Waals surface area contributed by atoms with E-state index in [1.54, 1.807) is 0 Å². The highest BCUT2D eigenvalue weighted by Crippen LogP contribution is 2.20. The van der Waals surface area contributed by atoms with Gasteiger partial charge in [0, 0.05) is 24.6 Å². The van der Waals surface area contributed by atoms with Crippen molar-refractivity contribution in [3.05, 3.63) is 42.2 Å². The topological polar surface area (TPSA) is 44.2 Å². The summed E-state index contributed by atoms with van der Waals surface area (Å²) in [6, 6.07) is 8.06. The van der Waals surface area contributed by atoms with Crippen molar-refractivity contribution in [3.8, 4) is 17.1 Å². The van der Waals surface area contributed by atoms with Crippen molar-refractivity contribution in [1.29, 1.82) is 0 Å². The van der Waals surface area contributed by atoms with Crippen LogP contribution < -0.4 is 4.74 Å². The van der Waals surface area contributed by atoms with Gasteiger partial charge in [-0.25, -0.2) is 9.97 Å². The molecule has 1 heterocycles. The first-order chi connectivity index (χ1) is 14.2. The Morgan fingerprint density at radius 2 is 1.62 bits per heavy atom. The molecule has 1 aromatic heterocycles. The smallest absolute Gasteiger partial charge is 0.159 e. The van der Waals surface area contributed by atoms with Crippen molar-refractivity contribution in [3.63, 3.8) is 0 Å². The predicted octanol–water partition coefficient (Wildman–Crippen LogP) is 6.49. The Morgan fingerprint density at radius 3 is 2.31 bits per heavy atom. The molecule has 160 valence electrons. The molecule has 1 aromatic carbocycles. The molecule has 0 saturated heterocycles. The van der Waals surface area contributed by atoms with E-state index in [1.165, 1.54) is 32.1 Å². The Labute approximate surface area is 177 Å². The van der Waals surface area contributed by atoms with Crippen molar-refractivity contribution < 1.29 is 9.47 Å². The fourth-order valence-corrected chi connectivity index (χ4v) is 3.08. The van der Waals surface area contributed by atoms with Gasteiger partial charge in [0.15, 0.2) is 5.82 Å². The maximum Gasteiger partial charge on any atom is 0.159 e. The molecule has 1 atom stereocenters. The zero-order valence-corrected chi connectivity index (χ0v) is 18.5. The number of hydrogen-bond acceptors (Lipinski definition) is 4. The lowest BCUT2D eigenvalue weighted by atomic mass is 10.0. The molecule has 0 aliphatic carbocycles. The second-order valence-corrected chi connectivity index (χ2v) is 7.87. The van der Waals surface area contributed by atoms with Crippen LogP contribution >= 0.6 is 0 Å². The molecule has 1 unspecified atom stereocenters. The molecule has 2 aromatic rings. The van der Waals surface area contributed by atoms with Gasteiger partial charge in [-0.3, -0.25) is 0 Å². The lowest BCUT2D eigenvalue weighted by Gasteiger charge is -2.10. The number of benzene rings is 1. The zero-order chi connectivity index (χ0) is 20.7. The SMILES string of the molecule is CCCCCCOCCc1cnc(-c2ccc(OCCCC(C)CC)cc2)nc1. The first kappa shape index (κ1) is 23.3. The van der Waals surface area contributed by atoms with Crippen LogP contribution in [0, 0.1) is 5.92 Å². The largest absolute Gasteiger partial charge is 0.494 e. The first-order valence-electron chi connectivity index (χ1n) is 11.3. The zero-order valence-electron chi connectivity index (χ0n) is 18.5. The molecule has 0 bridgehead atoms. The van der Waals surface area contributed by atoms with E-state index in [4.69, 9.17) is 9.47 Å². The minimum Gasteiger partial charge on any atom is -0.494 e. The molecule has 4 heteroatoms. The minimum atomic E-state index is 0.734. The van der Waals surface area contributed by atoms with Gasteiger partial charge < -0.3 is 9.47 Å². The summed E-state index contributed by atoms with van der Waals surface area (Å²) in [7, 11) is 0. The first-order valence-corrected chi connectivity index (χ1v) is 11.3. The Morgan fingerprint density at radius 1 is 0.862 bits per heavy atom. The molecule has 29 heavy (non-hydrogen) atoms. The van der Waals surface area contributed by atoms with Crippen LogP contribution in [0.25, 0.3) is 11.4 Å². The minimum absolute atomic E-state index is 0.734. The van der Waals surface area contributed by atoms with Gasteiger partial charge in [0.05, 0.1) is 13.2 Å². The van der Waals surface area contributed by atoms with Gasteiger partial charge in [0.25, 0.3) is 0 Å². The van der Waals surface area contributed by atoms with Crippen molar-refractivity contribution >= 4 is 0 Å². The lowest BCUT2D eigenvalue weighted by Crippen LogP contribution is -2.02. The Balaban J connectivity index is 1.70. The predicted molar refractivity (Wildman–Crippen MR) is 120 cm³/mol. The van der Waals surface area contributed by atoms with Crippen LogP contribution in [0.3, 0.4) is 0 Å². The Kier molecular flexibility index (Phi) is 11.4. The molecular formula is C25H38N2O2. The lowest BCUT2D eigenvalue weighted by molar-refractivity contribution is 0.133. The molecule has 0 aliphatic heterocycles. The monoisotopic (exact) mass is 398 g/mol. The summed E-state index contributed by atoms with van der Waals surface area (Å²) in [5, 5.41) is 0. The molecule has 0 N–H and O–H groups in total. The van der Waals surface area contributed by atoms with Crippen LogP contribution in [0.15, 0.2) is 36.7 Å². The summed E-state index contributed by atoms with van der Waals surface area (Å²) in [6.45, 7) is 9.12. The summed E-state index contributed by atoms with van der Waals surface area (Å²) in [6.07, 6.45) is 13.2. The number of unbranched alkanes of at least 4 members (excludes halogenated alkanes) is 3. The standard InChI is InChI=1S/C25H38N2O2/c1-4-6-7-8-16-28-18-15-22-19-26-25(27-20-22)23-11-13-24(14-12-23)29-17-9-10-21(3)5-2/h11-14,19-21H,4-10,15-18H2,1-3H3. The number of aromatic nitrogens is 2. The van der Waals surface area contributed by atoms with E-state index >= 15 is 0 Å². The van der Waals surface area contributed by atoms with Gasteiger partial charge in [0.2, 0.25) is 0 Å². The third kappa shape index (κ3) is 9.40. The molecule has 0 saturated carbocycles. The van der Waals surface area contributed by atoms with E-state index in [0.29, 0.717) is 0 Å². The van der Waals surface area contributed by atoms with Crippen LogP contribution in [-0.2, 0) is 11.2 Å². The van der Waals surface area contributed by atoms with E-state index in [2.05, 4.69) is 30.7 Å². The van der Waals surface area contributed by atoms with Crippen LogP contribution in [0.2, 0.25) is 0 Å². The second-order valence-electron chi connectivity index (χ2n) is 7.87. The van der Waals surface area contributed by atoms with Gasteiger partial charge in [-0.05, 0) is 61.4 Å². The average molecular weight is 399 g/mol. The second kappa shape index (κ2) is 14.1. The summed E-state index contributed by atoms with van der Waals surface area (Å²) < 4.78 is 11.5. The number of ether oxygens (including phenoxy) is 2. The highest BCUT2D eigenvalue weighted by atomic mass is 16.5. The Hall–Kier alpha value is -1.94. The van der Waals surface area contributed by atoms with E-state index in [1.807, 2.05) is 36.7 Å². The summed E-state index contributed by atoms with van der Waals surface area (Å²) in [4.78, 5) is 9.03. The molecule has 0 fully saturated rings. The molecule has 0 spiro atoms. The van der Waals surface area contributed by atoms with Crippen LogP contribution in [0.1, 0.15) is 71.3 Å². The van der Waals surface area contributed by atoms with Gasteiger partial charge in [-0.2, -0.15) is 0 Å². The third-order valence-electron chi connectivity index (χ3n) is 5.30. The van der Waals surface area contributed by atoms with Crippen molar-refractivity contribution in [2.24, 2.45) is 5.92 Å². The van der Waals surface area contributed by atoms with E-state index in [9.17, 15) is 0 Å². The summed E-state index contributed by atoms with van der Waals surface area (Å²) in [5.41, 5.74) is 2.12. The fourth-order valence-electron chi connectivity index (χ4n) is 3.08. The molecule has 0 amide bonds. The maximum absolute atomic E-state index is 5.84. The van der Waals surface area contributed by atoms with E-state index in [0.717, 1.165) is 67.7 Å². The molecular weight excluding hydrogens is 360 g/mol. The Bertz CT molecular complexity index is 656. The van der Waals surface area contributed by atoms with Crippen LogP contribution in [0.4, 0.5) is 0 Å². The average Bonchev–Trinajstić information content (AvgIpc) is 2.77. The summed E-state index contributed by atoms with van der Waals surface area (Å²) in [5.74, 6) is 2.43. The van der Waals surface area contributed by atoms with Crippen molar-refractivity contribution in [1.82, 2.24) is 9.97 Å². The van der Waals surface area contributed by atoms with Crippen molar-refractivity contribution in [2.45, 2.75) is 72.1 Å². The van der Waals surface area contributed by atoms with Gasteiger partial charge in [-0.1, -0.05) is 46.5 Å². The quantitative estimate of drug-likeness (QED) is 0.322. The number of hydrogen-bond donors (Lipinski definition) is 0. The highest BCUT2D eigenvalue weighted by molar-refractivity contribution is 5.55. The normalized spacial score (nSPS) is 12.1. The van der Waals surface area contributed by atoms with E-state index in [-0.39, 0.29) is 0 Å².